The molecule has 1 atom stereocenters. The number of thiophene rings is 1. The molecular weight excluding hydrogens is 196 g/mol. The Hall–Kier alpha value is -0.420. The van der Waals surface area contributed by atoms with Gasteiger partial charge in [-0.3, -0.25) is 11.3 Å². The summed E-state index contributed by atoms with van der Waals surface area (Å²) in [5.41, 5.74) is 2.85. The molecule has 0 radical (unpaired) electrons. The summed E-state index contributed by atoms with van der Waals surface area (Å²) in [4.78, 5) is 2.63. The minimum atomic E-state index is 0.267. The maximum absolute atomic E-state index is 5.51. The summed E-state index contributed by atoms with van der Waals surface area (Å²) in [6.07, 6.45) is 2.05. The van der Waals surface area contributed by atoms with Crippen molar-refractivity contribution >= 4 is 11.3 Å². The van der Waals surface area contributed by atoms with Gasteiger partial charge in [0.15, 0.2) is 0 Å². The molecule has 3 nitrogen and oxygen atoms in total. The number of hydrogen-bond donors (Lipinski definition) is 2. The van der Waals surface area contributed by atoms with Gasteiger partial charge in [-0.05, 0) is 31.9 Å². The van der Waals surface area contributed by atoms with Crippen LogP contribution in [-0.2, 0) is 4.74 Å². The van der Waals surface area contributed by atoms with E-state index in [0.717, 1.165) is 19.4 Å². The summed E-state index contributed by atoms with van der Waals surface area (Å²) in [6, 6.07) is 4.53. The quantitative estimate of drug-likeness (QED) is 0.432. The van der Waals surface area contributed by atoms with Gasteiger partial charge in [0.1, 0.15) is 0 Å². The van der Waals surface area contributed by atoms with Crippen LogP contribution in [0.5, 0.6) is 0 Å². The molecule has 0 amide bonds. The van der Waals surface area contributed by atoms with Crippen LogP contribution in [0.1, 0.15) is 28.6 Å². The van der Waals surface area contributed by atoms with Gasteiger partial charge >= 0.3 is 0 Å². The number of aryl methyl sites for hydroxylation is 1. The van der Waals surface area contributed by atoms with E-state index in [0.29, 0.717) is 0 Å². The maximum atomic E-state index is 5.51. The van der Waals surface area contributed by atoms with E-state index in [-0.39, 0.29) is 6.04 Å². The Morgan fingerprint density at radius 2 is 2.36 bits per heavy atom. The molecular formula is C10H18N2OS. The van der Waals surface area contributed by atoms with E-state index in [1.54, 1.807) is 18.4 Å². The van der Waals surface area contributed by atoms with Crippen LogP contribution in [0.15, 0.2) is 12.1 Å². The summed E-state index contributed by atoms with van der Waals surface area (Å²) in [5, 5.41) is 0. The number of ether oxygens (including phenoxy) is 1. The molecule has 0 aliphatic heterocycles. The summed E-state index contributed by atoms with van der Waals surface area (Å²) >= 11 is 1.80. The van der Waals surface area contributed by atoms with Crippen molar-refractivity contribution in [1.82, 2.24) is 5.43 Å². The minimum absolute atomic E-state index is 0.267. The lowest BCUT2D eigenvalue weighted by Crippen LogP contribution is -2.27. The lowest BCUT2D eigenvalue weighted by atomic mass is 10.1. The Kier molecular flexibility index (Phi) is 5.11. The molecule has 1 heterocycles. The molecule has 14 heavy (non-hydrogen) atoms. The van der Waals surface area contributed by atoms with Crippen molar-refractivity contribution < 1.29 is 4.74 Å². The van der Waals surface area contributed by atoms with Gasteiger partial charge in [-0.2, -0.15) is 0 Å². The Morgan fingerprint density at radius 1 is 1.57 bits per heavy atom. The summed E-state index contributed by atoms with van der Waals surface area (Å²) in [6.45, 7) is 2.90. The van der Waals surface area contributed by atoms with Gasteiger partial charge in [0.05, 0.1) is 6.04 Å². The zero-order chi connectivity index (χ0) is 10.4. The van der Waals surface area contributed by atoms with E-state index in [2.05, 4.69) is 24.5 Å². The average Bonchev–Trinajstić information content (AvgIpc) is 2.60. The molecule has 1 aromatic rings. The van der Waals surface area contributed by atoms with Crippen LogP contribution in [0.4, 0.5) is 0 Å². The molecule has 1 rings (SSSR count). The van der Waals surface area contributed by atoms with E-state index >= 15 is 0 Å². The monoisotopic (exact) mass is 214 g/mol. The number of hydrogen-bond acceptors (Lipinski definition) is 4. The predicted molar refractivity (Wildman–Crippen MR) is 60.2 cm³/mol. The fraction of sp³-hybridized carbons (Fsp3) is 0.600. The van der Waals surface area contributed by atoms with Crippen LogP contribution < -0.4 is 11.3 Å². The van der Waals surface area contributed by atoms with E-state index in [9.17, 15) is 0 Å². The molecule has 3 N–H and O–H groups in total. The summed E-state index contributed by atoms with van der Waals surface area (Å²) < 4.78 is 5.01. The molecule has 1 aromatic heterocycles. The van der Waals surface area contributed by atoms with Crippen molar-refractivity contribution in [1.29, 1.82) is 0 Å². The highest BCUT2D eigenvalue weighted by Gasteiger charge is 2.10. The highest BCUT2D eigenvalue weighted by atomic mass is 32.1. The van der Waals surface area contributed by atoms with E-state index < -0.39 is 0 Å². The van der Waals surface area contributed by atoms with Crippen LogP contribution in [0.2, 0.25) is 0 Å². The van der Waals surface area contributed by atoms with E-state index in [1.165, 1.54) is 9.75 Å². The molecule has 0 saturated carbocycles. The third-order valence-electron chi connectivity index (χ3n) is 2.15. The molecule has 0 aliphatic rings. The van der Waals surface area contributed by atoms with Crippen LogP contribution in [-0.4, -0.2) is 13.7 Å². The van der Waals surface area contributed by atoms with Gasteiger partial charge in [-0.15, -0.1) is 11.3 Å². The molecule has 0 bridgehead atoms. The fourth-order valence-corrected chi connectivity index (χ4v) is 2.35. The van der Waals surface area contributed by atoms with Gasteiger partial charge in [0, 0.05) is 23.5 Å². The van der Waals surface area contributed by atoms with Crippen molar-refractivity contribution in [2.45, 2.75) is 25.8 Å². The zero-order valence-corrected chi connectivity index (χ0v) is 9.56. The summed E-state index contributed by atoms with van der Waals surface area (Å²) in [5.74, 6) is 5.51. The van der Waals surface area contributed by atoms with Gasteiger partial charge in [-0.1, -0.05) is 0 Å². The third-order valence-corrected chi connectivity index (χ3v) is 3.26. The Morgan fingerprint density at radius 3 is 2.86 bits per heavy atom. The first-order valence-electron chi connectivity index (χ1n) is 4.79. The van der Waals surface area contributed by atoms with Crippen molar-refractivity contribution in [2.24, 2.45) is 5.84 Å². The third kappa shape index (κ3) is 3.38. The lowest BCUT2D eigenvalue weighted by Gasteiger charge is -2.13. The zero-order valence-electron chi connectivity index (χ0n) is 8.75. The Labute approximate surface area is 89.2 Å². The smallest absolute Gasteiger partial charge is 0.0554 e. The van der Waals surface area contributed by atoms with Gasteiger partial charge < -0.3 is 4.74 Å². The second-order valence-electron chi connectivity index (χ2n) is 3.30. The van der Waals surface area contributed by atoms with Crippen LogP contribution in [0.3, 0.4) is 0 Å². The molecule has 0 fully saturated rings. The highest BCUT2D eigenvalue weighted by molar-refractivity contribution is 7.12. The number of methoxy groups -OCH3 is 1. The van der Waals surface area contributed by atoms with Crippen LogP contribution in [0.25, 0.3) is 0 Å². The molecule has 0 saturated heterocycles. The normalized spacial score (nSPS) is 13.1. The van der Waals surface area contributed by atoms with Gasteiger partial charge in [0.2, 0.25) is 0 Å². The fourth-order valence-electron chi connectivity index (χ4n) is 1.38. The first kappa shape index (κ1) is 11.7. The van der Waals surface area contributed by atoms with Crippen LogP contribution in [0, 0.1) is 6.92 Å². The molecule has 0 aliphatic carbocycles. The molecule has 0 aromatic carbocycles. The standard InChI is InChI=1S/C10H18N2OS/c1-8-5-6-10(14-8)9(12-11)4-3-7-13-2/h5-6,9,12H,3-4,7,11H2,1-2H3. The molecule has 0 spiro atoms. The maximum Gasteiger partial charge on any atom is 0.0554 e. The van der Waals surface area contributed by atoms with Crippen molar-refractivity contribution in [2.75, 3.05) is 13.7 Å². The average molecular weight is 214 g/mol. The largest absolute Gasteiger partial charge is 0.385 e. The summed E-state index contributed by atoms with van der Waals surface area (Å²) in [7, 11) is 1.72. The SMILES string of the molecule is COCCCC(NN)c1ccc(C)s1. The number of hydrazine groups is 1. The Balaban J connectivity index is 2.45. The first-order chi connectivity index (χ1) is 6.77. The molecule has 1 unspecified atom stereocenters. The molecule has 4 heteroatoms. The van der Waals surface area contributed by atoms with E-state index in [4.69, 9.17) is 10.6 Å². The topological polar surface area (TPSA) is 47.3 Å². The first-order valence-corrected chi connectivity index (χ1v) is 5.61. The van der Waals surface area contributed by atoms with Crippen molar-refractivity contribution in [3.63, 3.8) is 0 Å². The number of rotatable bonds is 6. The Bertz CT molecular complexity index is 262. The lowest BCUT2D eigenvalue weighted by molar-refractivity contribution is 0.189. The van der Waals surface area contributed by atoms with Crippen molar-refractivity contribution in [3.05, 3.63) is 21.9 Å². The van der Waals surface area contributed by atoms with Crippen molar-refractivity contribution in [3.8, 4) is 0 Å². The van der Waals surface area contributed by atoms with E-state index in [1.807, 2.05) is 0 Å². The second-order valence-corrected chi connectivity index (χ2v) is 4.62. The minimum Gasteiger partial charge on any atom is -0.385 e. The predicted octanol–water partition coefficient (Wildman–Crippen LogP) is 1.99. The van der Waals surface area contributed by atoms with Gasteiger partial charge in [-0.25, -0.2) is 0 Å². The van der Waals surface area contributed by atoms with Gasteiger partial charge in [0.25, 0.3) is 0 Å². The molecule has 80 valence electrons. The highest BCUT2D eigenvalue weighted by Crippen LogP contribution is 2.25. The van der Waals surface area contributed by atoms with Crippen LogP contribution >= 0.6 is 11.3 Å². The second kappa shape index (κ2) is 6.14. The number of nitrogens with two attached hydrogens (primary N) is 1. The number of nitrogens with one attached hydrogen (secondary N) is 1.